The predicted octanol–water partition coefficient (Wildman–Crippen LogP) is 2.98. The summed E-state index contributed by atoms with van der Waals surface area (Å²) in [6.07, 6.45) is 6.79. The van der Waals surface area contributed by atoms with E-state index in [1.807, 2.05) is 13.8 Å². The maximum Gasteiger partial charge on any atom is 0.131 e. The van der Waals surface area contributed by atoms with Gasteiger partial charge in [-0.2, -0.15) is 0 Å². The smallest absolute Gasteiger partial charge is 0.131 e. The van der Waals surface area contributed by atoms with Crippen LogP contribution in [0.5, 0.6) is 5.75 Å². The molecule has 0 saturated heterocycles. The van der Waals surface area contributed by atoms with Gasteiger partial charge in [-0.3, -0.25) is 0 Å². The summed E-state index contributed by atoms with van der Waals surface area (Å²) in [6, 6.07) is 4.25. The molecule has 0 aromatic heterocycles. The second kappa shape index (κ2) is 6.27. The molecule has 0 aliphatic carbocycles. The minimum atomic E-state index is -0.402. The summed E-state index contributed by atoms with van der Waals surface area (Å²) in [4.78, 5) is 0. The van der Waals surface area contributed by atoms with E-state index in [0.29, 0.717) is 12.0 Å². The zero-order valence-corrected chi connectivity index (χ0v) is 10.2. The lowest BCUT2D eigenvalue weighted by Gasteiger charge is -2.21. The normalized spacial score (nSPS) is 14.0. The lowest BCUT2D eigenvalue weighted by atomic mass is 10.0. The Morgan fingerprint density at radius 2 is 2.24 bits per heavy atom. The number of hydrogen-bond acceptors (Lipinski definition) is 2. The molecule has 0 fully saturated rings. The molecule has 1 rings (SSSR count). The standard InChI is InChI=1S/C14H18FNO/c1-4-6-11(5-2)16-10(3)13-8-7-12(17)9-14(13)15/h1,7-11,16-17H,5-6H2,2-3H3. The highest BCUT2D eigenvalue weighted by Gasteiger charge is 2.14. The molecular formula is C14H18FNO. The molecule has 2 nitrogen and oxygen atoms in total. The molecule has 2 atom stereocenters. The van der Waals surface area contributed by atoms with Crippen molar-refractivity contribution in [1.29, 1.82) is 0 Å². The summed E-state index contributed by atoms with van der Waals surface area (Å²) in [6.45, 7) is 3.92. The van der Waals surface area contributed by atoms with E-state index in [-0.39, 0.29) is 17.8 Å². The Kier molecular flexibility index (Phi) is 4.99. The molecule has 92 valence electrons. The van der Waals surface area contributed by atoms with E-state index in [0.717, 1.165) is 12.5 Å². The minimum absolute atomic E-state index is 0.0610. The topological polar surface area (TPSA) is 32.3 Å². The Balaban J connectivity index is 2.75. The van der Waals surface area contributed by atoms with E-state index >= 15 is 0 Å². The van der Waals surface area contributed by atoms with Gasteiger partial charge in [-0.1, -0.05) is 13.0 Å². The molecule has 0 amide bonds. The van der Waals surface area contributed by atoms with Crippen LogP contribution in [0.3, 0.4) is 0 Å². The third-order valence-corrected chi connectivity index (χ3v) is 2.79. The van der Waals surface area contributed by atoms with Gasteiger partial charge in [0.25, 0.3) is 0 Å². The van der Waals surface area contributed by atoms with Crippen LogP contribution in [-0.4, -0.2) is 11.1 Å². The van der Waals surface area contributed by atoms with Crippen molar-refractivity contribution in [1.82, 2.24) is 5.32 Å². The summed E-state index contributed by atoms with van der Waals surface area (Å²) in [7, 11) is 0. The van der Waals surface area contributed by atoms with Crippen LogP contribution in [-0.2, 0) is 0 Å². The fraction of sp³-hybridized carbons (Fsp3) is 0.429. The first kappa shape index (κ1) is 13.5. The Hall–Kier alpha value is -1.53. The Morgan fingerprint density at radius 3 is 2.76 bits per heavy atom. The van der Waals surface area contributed by atoms with Crippen molar-refractivity contribution < 1.29 is 9.50 Å². The molecular weight excluding hydrogens is 217 g/mol. The Labute approximate surface area is 102 Å². The number of halogens is 1. The third-order valence-electron chi connectivity index (χ3n) is 2.79. The van der Waals surface area contributed by atoms with Crippen molar-refractivity contribution in [3.63, 3.8) is 0 Å². The van der Waals surface area contributed by atoms with Gasteiger partial charge >= 0.3 is 0 Å². The van der Waals surface area contributed by atoms with Crippen LogP contribution < -0.4 is 5.32 Å². The lowest BCUT2D eigenvalue weighted by molar-refractivity contribution is 0.432. The van der Waals surface area contributed by atoms with Crippen molar-refractivity contribution in [3.8, 4) is 18.1 Å². The van der Waals surface area contributed by atoms with E-state index in [1.165, 1.54) is 6.07 Å². The first-order chi connectivity index (χ1) is 8.08. The number of phenols is 1. The molecule has 0 heterocycles. The fourth-order valence-electron chi connectivity index (χ4n) is 1.77. The van der Waals surface area contributed by atoms with Gasteiger partial charge in [-0.05, 0) is 19.4 Å². The van der Waals surface area contributed by atoms with Crippen LogP contribution in [0.1, 0.15) is 38.3 Å². The molecule has 2 N–H and O–H groups in total. The maximum atomic E-state index is 13.6. The number of nitrogens with one attached hydrogen (secondary N) is 1. The predicted molar refractivity (Wildman–Crippen MR) is 67.1 cm³/mol. The van der Waals surface area contributed by atoms with Gasteiger partial charge in [-0.25, -0.2) is 4.39 Å². The van der Waals surface area contributed by atoms with Gasteiger partial charge in [0, 0.05) is 30.1 Å². The zero-order chi connectivity index (χ0) is 12.8. The molecule has 0 spiro atoms. The molecule has 0 aliphatic rings. The number of benzene rings is 1. The second-order valence-corrected chi connectivity index (χ2v) is 4.11. The van der Waals surface area contributed by atoms with E-state index in [9.17, 15) is 4.39 Å². The number of terminal acetylenes is 1. The molecule has 3 heteroatoms. The highest BCUT2D eigenvalue weighted by Crippen LogP contribution is 2.21. The summed E-state index contributed by atoms with van der Waals surface area (Å²) in [5, 5.41) is 12.4. The van der Waals surface area contributed by atoms with Gasteiger partial charge < -0.3 is 10.4 Å². The molecule has 0 saturated carbocycles. The first-order valence-corrected chi connectivity index (χ1v) is 5.76. The van der Waals surface area contributed by atoms with Crippen molar-refractivity contribution in [2.75, 3.05) is 0 Å². The highest BCUT2D eigenvalue weighted by molar-refractivity contribution is 5.29. The lowest BCUT2D eigenvalue weighted by Crippen LogP contribution is -2.31. The Bertz CT molecular complexity index is 411. The minimum Gasteiger partial charge on any atom is -0.508 e. The number of phenolic OH excluding ortho intramolecular Hbond substituents is 1. The van der Waals surface area contributed by atoms with Gasteiger partial charge in [0.15, 0.2) is 0 Å². The molecule has 17 heavy (non-hydrogen) atoms. The van der Waals surface area contributed by atoms with Crippen molar-refractivity contribution in [2.24, 2.45) is 0 Å². The summed E-state index contributed by atoms with van der Waals surface area (Å²) in [5.74, 6) is 2.14. The monoisotopic (exact) mass is 235 g/mol. The van der Waals surface area contributed by atoms with Crippen LogP contribution in [0, 0.1) is 18.2 Å². The summed E-state index contributed by atoms with van der Waals surface area (Å²) in [5.41, 5.74) is 0.540. The fourth-order valence-corrected chi connectivity index (χ4v) is 1.77. The SMILES string of the molecule is C#CCC(CC)NC(C)c1ccc(O)cc1F. The van der Waals surface area contributed by atoms with E-state index in [2.05, 4.69) is 11.2 Å². The second-order valence-electron chi connectivity index (χ2n) is 4.11. The molecule has 0 aliphatic heterocycles. The quantitative estimate of drug-likeness (QED) is 0.769. The van der Waals surface area contributed by atoms with Crippen LogP contribution in [0.4, 0.5) is 4.39 Å². The van der Waals surface area contributed by atoms with Gasteiger partial charge in [0.1, 0.15) is 11.6 Å². The summed E-state index contributed by atoms with van der Waals surface area (Å²) < 4.78 is 13.6. The summed E-state index contributed by atoms with van der Waals surface area (Å²) >= 11 is 0. The van der Waals surface area contributed by atoms with Crippen molar-refractivity contribution in [2.45, 2.75) is 38.8 Å². The van der Waals surface area contributed by atoms with Gasteiger partial charge in [0.2, 0.25) is 0 Å². The first-order valence-electron chi connectivity index (χ1n) is 5.76. The van der Waals surface area contributed by atoms with E-state index in [1.54, 1.807) is 6.07 Å². The largest absolute Gasteiger partial charge is 0.508 e. The van der Waals surface area contributed by atoms with Crippen LogP contribution in [0.25, 0.3) is 0 Å². The van der Waals surface area contributed by atoms with Crippen LogP contribution in [0.15, 0.2) is 18.2 Å². The maximum absolute atomic E-state index is 13.6. The average molecular weight is 235 g/mol. The van der Waals surface area contributed by atoms with Gasteiger partial charge in [0.05, 0.1) is 0 Å². The van der Waals surface area contributed by atoms with Crippen molar-refractivity contribution in [3.05, 3.63) is 29.6 Å². The van der Waals surface area contributed by atoms with Crippen LogP contribution >= 0.6 is 0 Å². The molecule has 0 bridgehead atoms. The highest BCUT2D eigenvalue weighted by atomic mass is 19.1. The zero-order valence-electron chi connectivity index (χ0n) is 10.2. The number of aromatic hydroxyl groups is 1. The third kappa shape index (κ3) is 3.76. The average Bonchev–Trinajstić information content (AvgIpc) is 2.28. The van der Waals surface area contributed by atoms with E-state index in [4.69, 9.17) is 11.5 Å². The van der Waals surface area contributed by atoms with Crippen LogP contribution in [0.2, 0.25) is 0 Å². The van der Waals surface area contributed by atoms with Gasteiger partial charge in [-0.15, -0.1) is 12.3 Å². The van der Waals surface area contributed by atoms with E-state index < -0.39 is 5.82 Å². The Morgan fingerprint density at radius 1 is 1.53 bits per heavy atom. The van der Waals surface area contributed by atoms with Crippen molar-refractivity contribution >= 4 is 0 Å². The molecule has 0 radical (unpaired) electrons. The number of hydrogen-bond donors (Lipinski definition) is 2. The molecule has 2 unspecified atom stereocenters. The molecule has 1 aromatic carbocycles. The number of rotatable bonds is 5. The molecule has 1 aromatic rings.